The number of hydrogen-bond acceptors (Lipinski definition) is 5. The lowest BCUT2D eigenvalue weighted by molar-refractivity contribution is 0.581. The zero-order valence-electron chi connectivity index (χ0n) is 10.1. The van der Waals surface area contributed by atoms with E-state index >= 15 is 0 Å². The van der Waals surface area contributed by atoms with E-state index in [4.69, 9.17) is 5.26 Å². The standard InChI is InChI=1S/C12H11N3O2S2/c1-9-8-18-12(15-9)7-14-19(16,17)11-5-3-2-4-10(11)6-13/h2-5,8,14H,7H2,1H3. The smallest absolute Gasteiger partial charge is 0.242 e. The van der Waals surface area contributed by atoms with Crippen LogP contribution in [0.2, 0.25) is 0 Å². The molecule has 98 valence electrons. The van der Waals surface area contributed by atoms with Crippen molar-refractivity contribution < 1.29 is 8.42 Å². The molecule has 2 rings (SSSR count). The van der Waals surface area contributed by atoms with Gasteiger partial charge in [-0.15, -0.1) is 11.3 Å². The molecule has 0 amide bonds. The van der Waals surface area contributed by atoms with Crippen molar-refractivity contribution in [3.63, 3.8) is 0 Å². The molecule has 0 aliphatic rings. The van der Waals surface area contributed by atoms with E-state index in [1.165, 1.54) is 23.5 Å². The van der Waals surface area contributed by atoms with Crippen LogP contribution in [0.4, 0.5) is 0 Å². The molecule has 1 N–H and O–H groups in total. The van der Waals surface area contributed by atoms with Crippen molar-refractivity contribution in [2.24, 2.45) is 0 Å². The Morgan fingerprint density at radius 1 is 1.42 bits per heavy atom. The van der Waals surface area contributed by atoms with Crippen LogP contribution >= 0.6 is 11.3 Å². The Balaban J connectivity index is 2.21. The fourth-order valence-corrected chi connectivity index (χ4v) is 3.46. The number of nitriles is 1. The van der Waals surface area contributed by atoms with Gasteiger partial charge in [0.1, 0.15) is 11.1 Å². The average molecular weight is 293 g/mol. The summed E-state index contributed by atoms with van der Waals surface area (Å²) in [5.74, 6) is 0. The largest absolute Gasteiger partial charge is 0.245 e. The van der Waals surface area contributed by atoms with Gasteiger partial charge in [-0.2, -0.15) is 5.26 Å². The van der Waals surface area contributed by atoms with E-state index in [0.29, 0.717) is 5.01 Å². The van der Waals surface area contributed by atoms with Gasteiger partial charge in [0.2, 0.25) is 10.0 Å². The van der Waals surface area contributed by atoms with E-state index in [2.05, 4.69) is 9.71 Å². The number of hydrogen-bond donors (Lipinski definition) is 1. The lowest BCUT2D eigenvalue weighted by Crippen LogP contribution is -2.24. The summed E-state index contributed by atoms with van der Waals surface area (Å²) in [5, 5.41) is 11.5. The minimum absolute atomic E-state index is 0.00854. The summed E-state index contributed by atoms with van der Waals surface area (Å²) >= 11 is 1.39. The molecule has 5 nitrogen and oxygen atoms in total. The highest BCUT2D eigenvalue weighted by Gasteiger charge is 2.18. The van der Waals surface area contributed by atoms with Crippen LogP contribution in [0.3, 0.4) is 0 Å². The first-order chi connectivity index (χ1) is 9.03. The Bertz CT molecular complexity index is 729. The number of nitrogens with zero attached hydrogens (tertiary/aromatic N) is 2. The highest BCUT2D eigenvalue weighted by Crippen LogP contribution is 2.15. The summed E-state index contributed by atoms with van der Waals surface area (Å²) in [6, 6.07) is 7.97. The minimum Gasteiger partial charge on any atom is -0.245 e. The quantitative estimate of drug-likeness (QED) is 0.931. The first-order valence-electron chi connectivity index (χ1n) is 5.43. The molecule has 0 bridgehead atoms. The lowest BCUT2D eigenvalue weighted by atomic mass is 10.2. The topological polar surface area (TPSA) is 82.9 Å². The molecule has 0 radical (unpaired) electrons. The second kappa shape index (κ2) is 5.48. The predicted octanol–water partition coefficient (Wildman–Crippen LogP) is 1.80. The molecule has 0 saturated heterocycles. The molecule has 1 aromatic heterocycles. The van der Waals surface area contributed by atoms with E-state index < -0.39 is 10.0 Å². The van der Waals surface area contributed by atoms with Gasteiger partial charge in [0, 0.05) is 11.1 Å². The van der Waals surface area contributed by atoms with Crippen LogP contribution in [0.5, 0.6) is 0 Å². The number of thiazole rings is 1. The number of sulfonamides is 1. The Kier molecular flexibility index (Phi) is 3.95. The van der Waals surface area contributed by atoms with E-state index in [-0.39, 0.29) is 17.0 Å². The van der Waals surface area contributed by atoms with Crippen molar-refractivity contribution in [1.29, 1.82) is 5.26 Å². The van der Waals surface area contributed by atoms with Crippen LogP contribution in [-0.2, 0) is 16.6 Å². The summed E-state index contributed by atoms with van der Waals surface area (Å²) in [5.41, 5.74) is 0.988. The molecule has 1 heterocycles. The Hall–Kier alpha value is -1.75. The number of rotatable bonds is 4. The molecule has 0 saturated carbocycles. The summed E-state index contributed by atoms with van der Waals surface area (Å²) in [4.78, 5) is 4.17. The van der Waals surface area contributed by atoms with Gasteiger partial charge < -0.3 is 0 Å². The second-order valence-electron chi connectivity index (χ2n) is 3.82. The van der Waals surface area contributed by atoms with Crippen molar-refractivity contribution in [2.45, 2.75) is 18.4 Å². The maximum Gasteiger partial charge on any atom is 0.242 e. The van der Waals surface area contributed by atoms with Gasteiger partial charge in [-0.25, -0.2) is 18.1 Å². The third-order valence-electron chi connectivity index (χ3n) is 2.38. The van der Waals surface area contributed by atoms with Crippen molar-refractivity contribution in [3.8, 4) is 6.07 Å². The summed E-state index contributed by atoms with van der Waals surface area (Å²) in [6.45, 7) is 1.97. The molecule has 7 heteroatoms. The Morgan fingerprint density at radius 2 is 2.16 bits per heavy atom. The number of nitrogens with one attached hydrogen (secondary N) is 1. The van der Waals surface area contributed by atoms with Crippen molar-refractivity contribution >= 4 is 21.4 Å². The third-order valence-corrected chi connectivity index (χ3v) is 4.80. The molecule has 1 aromatic carbocycles. The van der Waals surface area contributed by atoms with E-state index in [9.17, 15) is 8.42 Å². The van der Waals surface area contributed by atoms with Crippen LogP contribution in [-0.4, -0.2) is 13.4 Å². The van der Waals surface area contributed by atoms with Crippen LogP contribution in [0.1, 0.15) is 16.3 Å². The number of aryl methyl sites for hydroxylation is 1. The van der Waals surface area contributed by atoms with Crippen LogP contribution < -0.4 is 4.72 Å². The Morgan fingerprint density at radius 3 is 2.79 bits per heavy atom. The van der Waals surface area contributed by atoms with Crippen molar-refractivity contribution in [3.05, 3.63) is 45.9 Å². The van der Waals surface area contributed by atoms with Gasteiger partial charge in [-0.05, 0) is 19.1 Å². The summed E-state index contributed by atoms with van der Waals surface area (Å²) < 4.78 is 26.7. The van der Waals surface area contributed by atoms with Gasteiger partial charge in [-0.1, -0.05) is 12.1 Å². The molecule has 0 aliphatic heterocycles. The first kappa shape index (κ1) is 13.7. The maximum atomic E-state index is 12.1. The molecule has 0 unspecified atom stereocenters. The van der Waals surface area contributed by atoms with Crippen molar-refractivity contribution in [2.75, 3.05) is 0 Å². The van der Waals surface area contributed by atoms with Crippen LogP contribution in [0, 0.1) is 18.3 Å². The number of aromatic nitrogens is 1. The second-order valence-corrected chi connectivity index (χ2v) is 6.49. The molecule has 19 heavy (non-hydrogen) atoms. The number of benzene rings is 1. The van der Waals surface area contributed by atoms with Crippen molar-refractivity contribution in [1.82, 2.24) is 9.71 Å². The summed E-state index contributed by atoms with van der Waals surface area (Å²) in [7, 11) is -3.70. The highest BCUT2D eigenvalue weighted by atomic mass is 32.2. The molecule has 0 fully saturated rings. The van der Waals surface area contributed by atoms with E-state index in [0.717, 1.165) is 5.69 Å². The van der Waals surface area contributed by atoms with Gasteiger partial charge in [-0.3, -0.25) is 0 Å². The highest BCUT2D eigenvalue weighted by molar-refractivity contribution is 7.89. The maximum absolute atomic E-state index is 12.1. The fraction of sp³-hybridized carbons (Fsp3) is 0.167. The fourth-order valence-electron chi connectivity index (χ4n) is 1.51. The zero-order valence-corrected chi connectivity index (χ0v) is 11.8. The van der Waals surface area contributed by atoms with Gasteiger partial charge in [0.15, 0.2) is 0 Å². The van der Waals surface area contributed by atoms with E-state index in [1.54, 1.807) is 12.1 Å². The molecule has 0 spiro atoms. The molecular weight excluding hydrogens is 282 g/mol. The first-order valence-corrected chi connectivity index (χ1v) is 7.79. The minimum atomic E-state index is -3.70. The SMILES string of the molecule is Cc1csc(CNS(=O)(=O)c2ccccc2C#N)n1. The Labute approximate surface area is 115 Å². The lowest BCUT2D eigenvalue weighted by Gasteiger charge is -2.06. The average Bonchev–Trinajstić information content (AvgIpc) is 2.82. The molecule has 2 aromatic rings. The van der Waals surface area contributed by atoms with Gasteiger partial charge >= 0.3 is 0 Å². The molecule has 0 aliphatic carbocycles. The summed E-state index contributed by atoms with van der Waals surface area (Å²) in [6.07, 6.45) is 0. The van der Waals surface area contributed by atoms with E-state index in [1.807, 2.05) is 18.4 Å². The molecular formula is C12H11N3O2S2. The van der Waals surface area contributed by atoms with Crippen LogP contribution in [0.25, 0.3) is 0 Å². The van der Waals surface area contributed by atoms with Gasteiger partial charge in [0.05, 0.1) is 17.0 Å². The predicted molar refractivity (Wildman–Crippen MR) is 72.0 cm³/mol. The van der Waals surface area contributed by atoms with Crippen LogP contribution in [0.15, 0.2) is 34.5 Å². The van der Waals surface area contributed by atoms with Gasteiger partial charge in [0.25, 0.3) is 0 Å². The molecule has 0 atom stereocenters. The normalized spacial score (nSPS) is 11.2. The zero-order chi connectivity index (χ0) is 13.9. The third kappa shape index (κ3) is 3.17. The monoisotopic (exact) mass is 293 g/mol.